The number of rotatable bonds is 7. The molecule has 0 aliphatic heterocycles. The smallest absolute Gasteiger partial charge is 0.268 e. The third kappa shape index (κ3) is 4.24. The van der Waals surface area contributed by atoms with Gasteiger partial charge in [-0.1, -0.05) is 23.4 Å². The highest BCUT2D eigenvalue weighted by atomic mass is 32.2. The molecule has 0 fully saturated rings. The number of pyridine rings is 1. The lowest BCUT2D eigenvalue weighted by atomic mass is 10.1. The molecule has 0 saturated heterocycles. The summed E-state index contributed by atoms with van der Waals surface area (Å²) in [6.07, 6.45) is 0.506. The summed E-state index contributed by atoms with van der Waals surface area (Å²) in [6.45, 7) is 4.33. The number of nitrogens with zero attached hydrogens (tertiary/aromatic N) is 4. The van der Waals surface area contributed by atoms with E-state index in [1.807, 2.05) is 0 Å². The van der Waals surface area contributed by atoms with E-state index in [4.69, 9.17) is 9.26 Å². The highest BCUT2D eigenvalue weighted by Crippen LogP contribution is 2.32. The van der Waals surface area contributed by atoms with Gasteiger partial charge in [0.15, 0.2) is 16.8 Å². The van der Waals surface area contributed by atoms with Gasteiger partial charge in [0.1, 0.15) is 11.9 Å². The number of ether oxygens (including phenoxy) is 1. The number of para-hydroxylation sites is 2. The van der Waals surface area contributed by atoms with Crippen molar-refractivity contribution in [1.29, 1.82) is 0 Å². The average molecular weight is 457 g/mol. The van der Waals surface area contributed by atoms with E-state index in [0.717, 1.165) is 0 Å². The van der Waals surface area contributed by atoms with Gasteiger partial charge in [-0.05, 0) is 39.0 Å². The van der Waals surface area contributed by atoms with Crippen LogP contribution in [0.25, 0.3) is 11.0 Å². The fourth-order valence-corrected chi connectivity index (χ4v) is 4.59. The van der Waals surface area contributed by atoms with Gasteiger partial charge in [0.05, 0.1) is 11.0 Å². The Hall–Kier alpha value is -3.60. The Labute approximate surface area is 183 Å². The molecule has 2 unspecified atom stereocenters. The summed E-state index contributed by atoms with van der Waals surface area (Å²) in [4.78, 5) is 12.7. The van der Waals surface area contributed by atoms with Crippen molar-refractivity contribution in [2.45, 2.75) is 37.9 Å². The normalized spacial score (nSPS) is 13.6. The number of hydrogen-bond acceptors (Lipinski definition) is 8. The van der Waals surface area contributed by atoms with Gasteiger partial charge in [-0.2, -0.15) is 0 Å². The molecule has 9 nitrogen and oxygen atoms in total. The van der Waals surface area contributed by atoms with Gasteiger partial charge >= 0.3 is 0 Å². The van der Waals surface area contributed by atoms with E-state index < -0.39 is 22.3 Å². The number of alkyl halides is 1. The van der Waals surface area contributed by atoms with Crippen LogP contribution in [0.15, 0.2) is 58.2 Å². The van der Waals surface area contributed by atoms with Crippen LogP contribution in [0, 0.1) is 13.8 Å². The van der Waals surface area contributed by atoms with Crippen LogP contribution < -0.4 is 9.46 Å². The molecule has 0 spiro atoms. The SMILES string of the molecule is Cc1noc(C)c1S(=O)(=O)Nc1nc2ccccc2nc1OC(c1cccnc1)C(C)F. The zero-order valence-corrected chi connectivity index (χ0v) is 18.3. The third-order valence-corrected chi connectivity index (χ3v) is 6.26. The quantitative estimate of drug-likeness (QED) is 0.444. The molecule has 0 radical (unpaired) electrons. The summed E-state index contributed by atoms with van der Waals surface area (Å²) in [5.41, 5.74) is 1.55. The maximum Gasteiger partial charge on any atom is 0.268 e. The van der Waals surface area contributed by atoms with E-state index in [-0.39, 0.29) is 28.0 Å². The minimum Gasteiger partial charge on any atom is -0.464 e. The molecule has 3 aromatic heterocycles. The van der Waals surface area contributed by atoms with Crippen LogP contribution in [0.1, 0.15) is 30.0 Å². The minimum atomic E-state index is -4.14. The molecular weight excluding hydrogens is 437 g/mol. The fraction of sp³-hybridized carbons (Fsp3) is 0.238. The zero-order chi connectivity index (χ0) is 22.9. The number of aromatic nitrogens is 4. The number of aryl methyl sites for hydroxylation is 2. The Bertz CT molecular complexity index is 1340. The number of sulfonamides is 1. The van der Waals surface area contributed by atoms with Crippen molar-refractivity contribution in [1.82, 2.24) is 20.1 Å². The highest BCUT2D eigenvalue weighted by Gasteiger charge is 2.29. The maximum atomic E-state index is 14.5. The van der Waals surface area contributed by atoms with Gasteiger partial charge in [0.2, 0.25) is 5.82 Å². The Balaban J connectivity index is 1.80. The van der Waals surface area contributed by atoms with Crippen molar-refractivity contribution in [2.24, 2.45) is 0 Å². The average Bonchev–Trinajstić information content (AvgIpc) is 3.11. The lowest BCUT2D eigenvalue weighted by Gasteiger charge is -2.21. The molecule has 3 heterocycles. The van der Waals surface area contributed by atoms with Crippen molar-refractivity contribution in [2.75, 3.05) is 4.72 Å². The molecule has 11 heteroatoms. The molecule has 2 atom stereocenters. The van der Waals surface area contributed by atoms with Crippen LogP contribution in [0.3, 0.4) is 0 Å². The molecule has 4 aromatic rings. The Kier molecular flexibility index (Phi) is 5.74. The van der Waals surface area contributed by atoms with E-state index in [1.54, 1.807) is 42.6 Å². The fourth-order valence-electron chi connectivity index (χ4n) is 3.26. The van der Waals surface area contributed by atoms with Gasteiger partial charge in [-0.25, -0.2) is 22.8 Å². The summed E-state index contributed by atoms with van der Waals surface area (Å²) >= 11 is 0. The molecule has 0 bridgehead atoms. The first-order chi connectivity index (χ1) is 15.3. The highest BCUT2D eigenvalue weighted by molar-refractivity contribution is 7.92. The van der Waals surface area contributed by atoms with Crippen LogP contribution >= 0.6 is 0 Å². The van der Waals surface area contributed by atoms with Crippen LogP contribution in [0.4, 0.5) is 10.2 Å². The molecule has 166 valence electrons. The molecule has 0 aliphatic carbocycles. The second kappa shape index (κ2) is 8.50. The second-order valence-corrected chi connectivity index (χ2v) is 8.75. The predicted molar refractivity (Wildman–Crippen MR) is 114 cm³/mol. The molecule has 1 aromatic carbocycles. The van der Waals surface area contributed by atoms with Gasteiger partial charge in [0, 0.05) is 18.0 Å². The summed E-state index contributed by atoms with van der Waals surface area (Å²) < 4.78 is 53.9. The number of nitrogens with one attached hydrogen (secondary N) is 1. The summed E-state index contributed by atoms with van der Waals surface area (Å²) in [5.74, 6) is -0.229. The van der Waals surface area contributed by atoms with Crippen molar-refractivity contribution in [3.05, 3.63) is 65.8 Å². The van der Waals surface area contributed by atoms with E-state index in [2.05, 4.69) is 24.8 Å². The van der Waals surface area contributed by atoms with Crippen molar-refractivity contribution < 1.29 is 22.1 Å². The number of fused-ring (bicyclic) bond motifs is 1. The number of halogens is 1. The molecule has 1 N–H and O–H groups in total. The van der Waals surface area contributed by atoms with Gasteiger partial charge in [-0.15, -0.1) is 0 Å². The van der Waals surface area contributed by atoms with Gasteiger partial charge in [-0.3, -0.25) is 9.71 Å². The largest absolute Gasteiger partial charge is 0.464 e. The topological polar surface area (TPSA) is 120 Å². The first-order valence-corrected chi connectivity index (χ1v) is 11.2. The molecule has 4 rings (SSSR count). The van der Waals surface area contributed by atoms with E-state index in [0.29, 0.717) is 16.6 Å². The summed E-state index contributed by atoms with van der Waals surface area (Å²) in [7, 11) is -4.14. The van der Waals surface area contributed by atoms with Crippen LogP contribution in [-0.2, 0) is 10.0 Å². The Morgan fingerprint density at radius 1 is 1.09 bits per heavy atom. The van der Waals surface area contributed by atoms with Gasteiger partial charge < -0.3 is 9.26 Å². The van der Waals surface area contributed by atoms with Crippen LogP contribution in [0.2, 0.25) is 0 Å². The van der Waals surface area contributed by atoms with E-state index >= 15 is 0 Å². The standard InChI is InChI=1S/C21H20FN5O4S/c1-12(22)18(15-7-6-10-23-11-15)30-21-20(24-16-8-4-5-9-17(16)25-21)27-32(28,29)19-13(2)26-31-14(19)3/h4-12,18H,1-3H3,(H,24,27). The van der Waals surface area contributed by atoms with Crippen LogP contribution in [0.5, 0.6) is 5.88 Å². The third-order valence-electron chi connectivity index (χ3n) is 4.67. The van der Waals surface area contributed by atoms with E-state index in [1.165, 1.54) is 27.0 Å². The molecular formula is C21H20FN5O4S. The Morgan fingerprint density at radius 3 is 2.41 bits per heavy atom. The molecule has 0 aliphatic rings. The van der Waals surface area contributed by atoms with E-state index in [9.17, 15) is 12.8 Å². The predicted octanol–water partition coefficient (Wildman–Crippen LogP) is 3.91. The number of benzene rings is 1. The summed E-state index contributed by atoms with van der Waals surface area (Å²) in [6, 6.07) is 10.2. The maximum absolute atomic E-state index is 14.5. The van der Waals surface area contributed by atoms with Crippen molar-refractivity contribution >= 4 is 26.9 Å². The minimum absolute atomic E-state index is 0.110. The lowest BCUT2D eigenvalue weighted by molar-refractivity contribution is 0.107. The monoisotopic (exact) mass is 457 g/mol. The van der Waals surface area contributed by atoms with Crippen molar-refractivity contribution in [3.8, 4) is 5.88 Å². The zero-order valence-electron chi connectivity index (χ0n) is 17.5. The first-order valence-electron chi connectivity index (χ1n) is 9.69. The van der Waals surface area contributed by atoms with Crippen molar-refractivity contribution in [3.63, 3.8) is 0 Å². The number of anilines is 1. The number of hydrogen-bond donors (Lipinski definition) is 1. The lowest BCUT2D eigenvalue weighted by Crippen LogP contribution is -2.21. The summed E-state index contributed by atoms with van der Waals surface area (Å²) in [5, 5.41) is 3.69. The van der Waals surface area contributed by atoms with Gasteiger partial charge in [0.25, 0.3) is 15.9 Å². The second-order valence-electron chi connectivity index (χ2n) is 7.13. The first kappa shape index (κ1) is 21.6. The molecule has 32 heavy (non-hydrogen) atoms. The molecule has 0 amide bonds. The molecule has 0 saturated carbocycles. The Morgan fingerprint density at radius 2 is 1.81 bits per heavy atom. The van der Waals surface area contributed by atoms with Crippen LogP contribution in [-0.4, -0.2) is 34.7 Å².